The van der Waals surface area contributed by atoms with Crippen molar-refractivity contribution >= 4 is 27.6 Å². The maximum atomic E-state index is 12.4. The number of allylic oxidation sites excluding steroid dienone is 2. The lowest BCUT2D eigenvalue weighted by molar-refractivity contribution is -0.146. The van der Waals surface area contributed by atoms with E-state index in [-0.39, 0.29) is 16.8 Å². The molecule has 1 aliphatic carbocycles. The van der Waals surface area contributed by atoms with Crippen LogP contribution in [0.25, 0.3) is 0 Å². The zero-order chi connectivity index (χ0) is 19.5. The van der Waals surface area contributed by atoms with Crippen molar-refractivity contribution in [3.63, 3.8) is 0 Å². The zero-order valence-corrected chi connectivity index (χ0v) is 15.9. The highest BCUT2D eigenvalue weighted by Gasteiger charge is 2.34. The van der Waals surface area contributed by atoms with Gasteiger partial charge < -0.3 is 10.4 Å². The molecule has 1 aromatic rings. The highest BCUT2D eigenvalue weighted by Crippen LogP contribution is 2.27. The zero-order valence-electron chi connectivity index (χ0n) is 15.0. The highest BCUT2D eigenvalue weighted by molar-refractivity contribution is 7.89. The Balaban J connectivity index is 2.13. The van der Waals surface area contributed by atoms with Crippen LogP contribution in [-0.4, -0.2) is 42.8 Å². The van der Waals surface area contributed by atoms with Gasteiger partial charge in [0, 0.05) is 18.8 Å². The van der Waals surface area contributed by atoms with Gasteiger partial charge in [0.1, 0.15) is 0 Å². The lowest BCUT2D eigenvalue weighted by atomic mass is 9.82. The molecule has 2 N–H and O–H groups in total. The Morgan fingerprint density at radius 2 is 1.65 bits per heavy atom. The van der Waals surface area contributed by atoms with Crippen molar-refractivity contribution in [2.45, 2.75) is 37.6 Å². The smallest absolute Gasteiger partial charge is 0.307 e. The van der Waals surface area contributed by atoms with Crippen LogP contribution in [0.5, 0.6) is 0 Å². The topological polar surface area (TPSA) is 104 Å². The lowest BCUT2D eigenvalue weighted by Gasteiger charge is -2.24. The predicted octanol–water partition coefficient (Wildman–Crippen LogP) is 2.32. The van der Waals surface area contributed by atoms with E-state index in [9.17, 15) is 23.1 Å². The summed E-state index contributed by atoms with van der Waals surface area (Å²) in [6.07, 6.45) is 4.27. The van der Waals surface area contributed by atoms with Crippen LogP contribution in [0.3, 0.4) is 0 Å². The van der Waals surface area contributed by atoms with E-state index >= 15 is 0 Å². The first-order valence-electron chi connectivity index (χ1n) is 8.41. The molecule has 1 amide bonds. The number of aliphatic carboxylic acids is 1. The molecule has 7 nitrogen and oxygen atoms in total. The third kappa shape index (κ3) is 4.31. The number of carboxylic acids is 1. The second-order valence-corrected chi connectivity index (χ2v) is 8.62. The Labute approximate surface area is 153 Å². The van der Waals surface area contributed by atoms with Crippen LogP contribution in [0.1, 0.15) is 26.7 Å². The Morgan fingerprint density at radius 1 is 1.12 bits per heavy atom. The second kappa shape index (κ2) is 8.01. The summed E-state index contributed by atoms with van der Waals surface area (Å²) < 4.78 is 26.1. The van der Waals surface area contributed by atoms with Crippen molar-refractivity contribution in [2.75, 3.05) is 12.4 Å². The average Bonchev–Trinajstić information content (AvgIpc) is 2.61. The summed E-state index contributed by atoms with van der Waals surface area (Å²) in [6.45, 7) is 3.56. The molecule has 0 aromatic heterocycles. The van der Waals surface area contributed by atoms with Gasteiger partial charge in [0.05, 0.1) is 16.7 Å². The quantitative estimate of drug-likeness (QED) is 0.737. The van der Waals surface area contributed by atoms with Gasteiger partial charge in [-0.15, -0.1) is 0 Å². The van der Waals surface area contributed by atoms with E-state index in [1.54, 1.807) is 26.0 Å². The SMILES string of the molecule is CC(C)N(C)S(=O)(=O)c1ccc(NC(=O)C2CC=CCC2C(=O)O)cc1. The number of rotatable bonds is 6. The molecule has 1 aromatic carbocycles. The lowest BCUT2D eigenvalue weighted by Crippen LogP contribution is -2.34. The van der Waals surface area contributed by atoms with Gasteiger partial charge in [-0.25, -0.2) is 8.42 Å². The summed E-state index contributed by atoms with van der Waals surface area (Å²) in [7, 11) is -2.08. The molecule has 2 unspecified atom stereocenters. The highest BCUT2D eigenvalue weighted by atomic mass is 32.2. The third-order valence-electron chi connectivity index (χ3n) is 4.61. The number of carboxylic acid groups (broad SMARTS) is 1. The summed E-state index contributed by atoms with van der Waals surface area (Å²) in [6, 6.07) is 5.70. The van der Waals surface area contributed by atoms with Gasteiger partial charge in [-0.2, -0.15) is 4.31 Å². The van der Waals surface area contributed by atoms with E-state index < -0.39 is 27.8 Å². The largest absolute Gasteiger partial charge is 0.481 e. The number of benzene rings is 1. The van der Waals surface area contributed by atoms with Gasteiger partial charge in [-0.1, -0.05) is 12.2 Å². The van der Waals surface area contributed by atoms with E-state index in [1.807, 2.05) is 0 Å². The molecule has 2 rings (SSSR count). The normalized spacial score (nSPS) is 20.3. The van der Waals surface area contributed by atoms with E-state index in [0.29, 0.717) is 18.5 Å². The Hall–Kier alpha value is -2.19. The van der Waals surface area contributed by atoms with E-state index in [0.717, 1.165) is 0 Å². The van der Waals surface area contributed by atoms with Gasteiger partial charge in [0.15, 0.2) is 0 Å². The summed E-state index contributed by atoms with van der Waals surface area (Å²) in [4.78, 5) is 23.9. The average molecular weight is 380 g/mol. The Kier molecular flexibility index (Phi) is 6.20. The fraction of sp³-hybridized carbons (Fsp3) is 0.444. The molecule has 26 heavy (non-hydrogen) atoms. The fourth-order valence-electron chi connectivity index (χ4n) is 2.77. The first-order chi connectivity index (χ1) is 12.1. The summed E-state index contributed by atoms with van der Waals surface area (Å²) in [5, 5.41) is 11.9. The van der Waals surface area contributed by atoms with E-state index in [2.05, 4.69) is 5.32 Å². The molecule has 0 aliphatic heterocycles. The number of amides is 1. The van der Waals surface area contributed by atoms with Crippen molar-refractivity contribution in [1.82, 2.24) is 4.31 Å². The second-order valence-electron chi connectivity index (χ2n) is 6.62. The molecule has 0 saturated carbocycles. The minimum Gasteiger partial charge on any atom is -0.481 e. The summed E-state index contributed by atoms with van der Waals surface area (Å²) in [5.74, 6) is -2.77. The number of nitrogens with zero attached hydrogens (tertiary/aromatic N) is 1. The maximum absolute atomic E-state index is 12.4. The van der Waals surface area contributed by atoms with Gasteiger partial charge >= 0.3 is 5.97 Å². The number of hydrogen-bond donors (Lipinski definition) is 2. The van der Waals surface area contributed by atoms with Crippen molar-refractivity contribution in [3.05, 3.63) is 36.4 Å². The standard InChI is InChI=1S/C18H24N2O5S/c1-12(2)20(3)26(24,25)14-10-8-13(9-11-14)19-17(21)15-6-4-5-7-16(15)18(22)23/h4-5,8-12,15-16H,6-7H2,1-3H3,(H,19,21)(H,22,23). The number of anilines is 1. The maximum Gasteiger partial charge on any atom is 0.307 e. The number of carbonyl (C=O) groups excluding carboxylic acids is 1. The molecular formula is C18H24N2O5S. The van der Waals surface area contributed by atoms with Crippen LogP contribution < -0.4 is 5.32 Å². The summed E-state index contributed by atoms with van der Waals surface area (Å²) >= 11 is 0. The molecule has 0 spiro atoms. The molecule has 0 radical (unpaired) electrons. The van der Waals surface area contributed by atoms with Crippen molar-refractivity contribution in [3.8, 4) is 0 Å². The monoisotopic (exact) mass is 380 g/mol. The Bertz CT molecular complexity index is 799. The van der Waals surface area contributed by atoms with Crippen LogP contribution in [-0.2, 0) is 19.6 Å². The number of hydrogen-bond acceptors (Lipinski definition) is 4. The molecule has 1 aliphatic rings. The molecule has 0 heterocycles. The minimum atomic E-state index is -3.59. The fourth-order valence-corrected chi connectivity index (χ4v) is 4.13. The Morgan fingerprint density at radius 3 is 2.15 bits per heavy atom. The van der Waals surface area contributed by atoms with Gasteiger partial charge in [-0.05, 0) is 51.0 Å². The number of carbonyl (C=O) groups is 2. The van der Waals surface area contributed by atoms with E-state index in [1.165, 1.54) is 35.6 Å². The molecule has 2 atom stereocenters. The number of sulfonamides is 1. The molecular weight excluding hydrogens is 356 g/mol. The first kappa shape index (κ1) is 20.1. The van der Waals surface area contributed by atoms with Crippen LogP contribution in [0.15, 0.2) is 41.3 Å². The first-order valence-corrected chi connectivity index (χ1v) is 9.85. The predicted molar refractivity (Wildman–Crippen MR) is 98.1 cm³/mol. The van der Waals surface area contributed by atoms with Gasteiger partial charge in [0.2, 0.25) is 15.9 Å². The minimum absolute atomic E-state index is 0.135. The molecule has 8 heteroatoms. The van der Waals surface area contributed by atoms with Crippen molar-refractivity contribution in [2.24, 2.45) is 11.8 Å². The van der Waals surface area contributed by atoms with Crippen LogP contribution in [0, 0.1) is 11.8 Å². The van der Waals surface area contributed by atoms with Crippen molar-refractivity contribution < 1.29 is 23.1 Å². The molecule has 0 fully saturated rings. The third-order valence-corrected chi connectivity index (χ3v) is 6.66. The summed E-state index contributed by atoms with van der Waals surface area (Å²) in [5.41, 5.74) is 0.430. The van der Waals surface area contributed by atoms with E-state index in [4.69, 9.17) is 0 Å². The van der Waals surface area contributed by atoms with Crippen LogP contribution in [0.4, 0.5) is 5.69 Å². The van der Waals surface area contributed by atoms with Gasteiger partial charge in [0.25, 0.3) is 0 Å². The molecule has 0 saturated heterocycles. The number of nitrogens with one attached hydrogen (secondary N) is 1. The molecule has 142 valence electrons. The van der Waals surface area contributed by atoms with Crippen LogP contribution in [0.2, 0.25) is 0 Å². The van der Waals surface area contributed by atoms with Crippen LogP contribution >= 0.6 is 0 Å². The van der Waals surface area contributed by atoms with Crippen molar-refractivity contribution in [1.29, 1.82) is 0 Å². The van der Waals surface area contributed by atoms with Gasteiger partial charge in [-0.3, -0.25) is 9.59 Å². The molecule has 0 bridgehead atoms.